The minimum atomic E-state index is -0.313. The Morgan fingerprint density at radius 3 is 2.62 bits per heavy atom. The number of carbonyl (C=O) groups excluding carboxylic acids is 1. The first-order chi connectivity index (χ1) is 7.69. The quantitative estimate of drug-likeness (QED) is 0.757. The lowest BCUT2D eigenvalue weighted by Crippen LogP contribution is -2.30. The van der Waals surface area contributed by atoms with Gasteiger partial charge in [-0.15, -0.1) is 0 Å². The number of rotatable bonds is 2. The number of hydrogen-bond acceptors (Lipinski definition) is 2. The van der Waals surface area contributed by atoms with Crippen LogP contribution in [0.25, 0.3) is 0 Å². The maximum absolute atomic E-state index is 11.9. The predicted molar refractivity (Wildman–Crippen MR) is 62.0 cm³/mol. The van der Waals surface area contributed by atoms with E-state index in [0.717, 1.165) is 31.2 Å². The summed E-state index contributed by atoms with van der Waals surface area (Å²) < 4.78 is 0. The summed E-state index contributed by atoms with van der Waals surface area (Å²) in [5.74, 6) is 0.236. The van der Waals surface area contributed by atoms with E-state index >= 15 is 0 Å². The van der Waals surface area contributed by atoms with Crippen molar-refractivity contribution in [2.24, 2.45) is 0 Å². The molecular formula is C14H15NO. The summed E-state index contributed by atoms with van der Waals surface area (Å²) in [6.07, 6.45) is 4.07. The van der Waals surface area contributed by atoms with Gasteiger partial charge in [-0.1, -0.05) is 25.0 Å². The minimum Gasteiger partial charge on any atom is -0.299 e. The van der Waals surface area contributed by atoms with Crippen molar-refractivity contribution in [2.75, 3.05) is 0 Å². The highest BCUT2D eigenvalue weighted by Gasteiger charge is 2.39. The second kappa shape index (κ2) is 4.09. The van der Waals surface area contributed by atoms with E-state index < -0.39 is 0 Å². The summed E-state index contributed by atoms with van der Waals surface area (Å²) in [4.78, 5) is 11.9. The molecule has 1 aliphatic rings. The topological polar surface area (TPSA) is 40.9 Å². The van der Waals surface area contributed by atoms with Crippen LogP contribution in [0.2, 0.25) is 0 Å². The van der Waals surface area contributed by atoms with Gasteiger partial charge in [0.05, 0.1) is 17.0 Å². The predicted octanol–water partition coefficient (Wildman–Crippen LogP) is 2.96. The molecule has 0 aromatic heterocycles. The highest BCUT2D eigenvalue weighted by molar-refractivity contribution is 5.88. The molecule has 2 rings (SSSR count). The number of Topliss-reactive ketones (excluding diaryl/α,β-unsaturated/α-hetero) is 1. The molecule has 0 amide bonds. The van der Waals surface area contributed by atoms with Crippen molar-refractivity contribution in [3.63, 3.8) is 0 Å². The molecule has 1 saturated carbocycles. The number of nitrogens with zero attached hydrogens (tertiary/aromatic N) is 1. The maximum Gasteiger partial charge on any atom is 0.140 e. The fourth-order valence-corrected chi connectivity index (χ4v) is 2.71. The molecule has 0 saturated heterocycles. The Morgan fingerprint density at radius 2 is 2.06 bits per heavy atom. The van der Waals surface area contributed by atoms with Gasteiger partial charge in [0.2, 0.25) is 0 Å². The lowest BCUT2D eigenvalue weighted by Gasteiger charge is -2.26. The molecule has 0 atom stereocenters. The van der Waals surface area contributed by atoms with Crippen LogP contribution in [-0.4, -0.2) is 5.78 Å². The average molecular weight is 213 g/mol. The largest absolute Gasteiger partial charge is 0.299 e. The van der Waals surface area contributed by atoms with Gasteiger partial charge in [-0.25, -0.2) is 0 Å². The van der Waals surface area contributed by atoms with E-state index in [4.69, 9.17) is 5.26 Å². The van der Waals surface area contributed by atoms with Crippen LogP contribution in [0.15, 0.2) is 24.3 Å². The monoisotopic (exact) mass is 213 g/mol. The van der Waals surface area contributed by atoms with Gasteiger partial charge in [-0.3, -0.25) is 4.79 Å². The Labute approximate surface area is 95.9 Å². The Bertz CT molecular complexity index is 450. The van der Waals surface area contributed by atoms with E-state index in [2.05, 4.69) is 6.07 Å². The summed E-state index contributed by atoms with van der Waals surface area (Å²) in [6.45, 7) is 1.67. The summed E-state index contributed by atoms with van der Waals surface area (Å²) >= 11 is 0. The molecule has 0 bridgehead atoms. The Morgan fingerprint density at radius 1 is 1.38 bits per heavy atom. The van der Waals surface area contributed by atoms with Crippen LogP contribution in [-0.2, 0) is 10.2 Å². The van der Waals surface area contributed by atoms with Crippen LogP contribution >= 0.6 is 0 Å². The Kier molecular flexibility index (Phi) is 2.78. The first-order valence-electron chi connectivity index (χ1n) is 5.71. The zero-order valence-corrected chi connectivity index (χ0v) is 9.49. The van der Waals surface area contributed by atoms with Crippen LogP contribution in [0.5, 0.6) is 0 Å². The van der Waals surface area contributed by atoms with Crippen LogP contribution in [0.4, 0.5) is 0 Å². The fourth-order valence-electron chi connectivity index (χ4n) is 2.71. The summed E-state index contributed by atoms with van der Waals surface area (Å²) in [5, 5.41) is 8.89. The van der Waals surface area contributed by atoms with Crippen LogP contribution in [0.1, 0.15) is 43.7 Å². The van der Waals surface area contributed by atoms with E-state index in [0.29, 0.717) is 5.56 Å². The lowest BCUT2D eigenvalue weighted by molar-refractivity contribution is -0.122. The van der Waals surface area contributed by atoms with Gasteiger partial charge in [0.1, 0.15) is 5.78 Å². The van der Waals surface area contributed by atoms with E-state index in [9.17, 15) is 4.79 Å². The number of ketones is 1. The summed E-state index contributed by atoms with van der Waals surface area (Å²) in [5.41, 5.74) is 1.36. The molecule has 2 nitrogen and oxygen atoms in total. The molecule has 0 N–H and O–H groups in total. The van der Waals surface area contributed by atoms with Gasteiger partial charge in [-0.05, 0) is 37.5 Å². The molecule has 0 radical (unpaired) electrons. The van der Waals surface area contributed by atoms with Gasteiger partial charge in [0.15, 0.2) is 0 Å². The second-order valence-electron chi connectivity index (χ2n) is 4.54. The SMILES string of the molecule is CC(=O)C1(c2cccc(C#N)c2)CCCC1. The number of nitriles is 1. The molecule has 1 aliphatic carbocycles. The van der Waals surface area contributed by atoms with Crippen molar-refractivity contribution in [1.82, 2.24) is 0 Å². The van der Waals surface area contributed by atoms with Crippen molar-refractivity contribution in [3.8, 4) is 6.07 Å². The lowest BCUT2D eigenvalue weighted by atomic mass is 9.75. The standard InChI is InChI=1S/C14H15NO/c1-11(16)14(7-2-3-8-14)13-6-4-5-12(9-13)10-15/h4-6,9H,2-3,7-8H2,1H3. The molecule has 82 valence electrons. The smallest absolute Gasteiger partial charge is 0.140 e. The Balaban J connectivity index is 2.48. The molecule has 1 aromatic carbocycles. The Hall–Kier alpha value is -1.62. The van der Waals surface area contributed by atoms with E-state index in [1.807, 2.05) is 18.2 Å². The zero-order chi connectivity index (χ0) is 11.6. The van der Waals surface area contributed by atoms with Crippen molar-refractivity contribution in [2.45, 2.75) is 38.0 Å². The third kappa shape index (κ3) is 1.63. The second-order valence-corrected chi connectivity index (χ2v) is 4.54. The molecule has 0 heterocycles. The van der Waals surface area contributed by atoms with Gasteiger partial charge in [0.25, 0.3) is 0 Å². The van der Waals surface area contributed by atoms with E-state index in [-0.39, 0.29) is 11.2 Å². The summed E-state index contributed by atoms with van der Waals surface area (Å²) in [6, 6.07) is 9.64. The first-order valence-corrected chi connectivity index (χ1v) is 5.71. The van der Waals surface area contributed by atoms with E-state index in [1.54, 1.807) is 13.0 Å². The molecule has 16 heavy (non-hydrogen) atoms. The minimum absolute atomic E-state index is 0.236. The fraction of sp³-hybridized carbons (Fsp3) is 0.429. The summed E-state index contributed by atoms with van der Waals surface area (Å²) in [7, 11) is 0. The van der Waals surface area contributed by atoms with Gasteiger partial charge in [-0.2, -0.15) is 5.26 Å². The maximum atomic E-state index is 11.9. The highest BCUT2D eigenvalue weighted by Crippen LogP contribution is 2.41. The number of carbonyl (C=O) groups is 1. The molecule has 2 heteroatoms. The molecule has 0 spiro atoms. The molecule has 0 unspecified atom stereocenters. The number of hydrogen-bond donors (Lipinski definition) is 0. The average Bonchev–Trinajstić information content (AvgIpc) is 2.79. The third-order valence-electron chi connectivity index (χ3n) is 3.68. The van der Waals surface area contributed by atoms with Crippen molar-refractivity contribution in [1.29, 1.82) is 5.26 Å². The van der Waals surface area contributed by atoms with Crippen molar-refractivity contribution < 1.29 is 4.79 Å². The van der Waals surface area contributed by atoms with Crippen LogP contribution < -0.4 is 0 Å². The van der Waals surface area contributed by atoms with Crippen LogP contribution in [0, 0.1) is 11.3 Å². The first kappa shape index (κ1) is 10.9. The van der Waals surface area contributed by atoms with Crippen molar-refractivity contribution >= 4 is 5.78 Å². The van der Waals surface area contributed by atoms with Crippen molar-refractivity contribution in [3.05, 3.63) is 35.4 Å². The molecular weight excluding hydrogens is 198 g/mol. The highest BCUT2D eigenvalue weighted by atomic mass is 16.1. The van der Waals surface area contributed by atoms with E-state index in [1.165, 1.54) is 0 Å². The van der Waals surface area contributed by atoms with Gasteiger partial charge in [0, 0.05) is 0 Å². The molecule has 1 fully saturated rings. The third-order valence-corrected chi connectivity index (χ3v) is 3.68. The zero-order valence-electron chi connectivity index (χ0n) is 9.49. The molecule has 0 aliphatic heterocycles. The van der Waals surface area contributed by atoms with Gasteiger partial charge >= 0.3 is 0 Å². The van der Waals surface area contributed by atoms with Crippen LogP contribution in [0.3, 0.4) is 0 Å². The number of benzene rings is 1. The normalized spacial score (nSPS) is 18.0. The van der Waals surface area contributed by atoms with Gasteiger partial charge < -0.3 is 0 Å². The molecule has 1 aromatic rings.